The summed E-state index contributed by atoms with van der Waals surface area (Å²) in [6, 6.07) is 9.49. The molecule has 0 saturated carbocycles. The predicted octanol–water partition coefficient (Wildman–Crippen LogP) is 2.91. The van der Waals surface area contributed by atoms with Crippen LogP contribution in [-0.4, -0.2) is 37.9 Å². The van der Waals surface area contributed by atoms with Crippen molar-refractivity contribution < 1.29 is 13.8 Å². The number of benzene rings is 1. The summed E-state index contributed by atoms with van der Waals surface area (Å²) in [5, 5.41) is 11.5. The fraction of sp³-hybridized carbons (Fsp3) is 0.158. The summed E-state index contributed by atoms with van der Waals surface area (Å²) in [5.74, 6) is -0.657. The van der Waals surface area contributed by atoms with Crippen molar-refractivity contribution in [1.29, 1.82) is 0 Å². The van der Waals surface area contributed by atoms with Crippen molar-refractivity contribution in [2.45, 2.75) is 13.0 Å². The van der Waals surface area contributed by atoms with E-state index in [2.05, 4.69) is 15.2 Å². The Morgan fingerprint density at radius 3 is 2.81 bits per heavy atom. The molecule has 0 bridgehead atoms. The maximum atomic E-state index is 13.7. The highest BCUT2D eigenvalue weighted by atomic mass is 19.1. The van der Waals surface area contributed by atoms with Crippen molar-refractivity contribution in [3.8, 4) is 0 Å². The molecule has 0 spiro atoms. The van der Waals surface area contributed by atoms with E-state index in [1.54, 1.807) is 36.9 Å². The number of H-pyrrole nitrogens is 1. The van der Waals surface area contributed by atoms with E-state index < -0.39 is 5.82 Å². The Labute approximate surface area is 149 Å². The van der Waals surface area contributed by atoms with Crippen molar-refractivity contribution in [3.05, 3.63) is 83.7 Å². The Balaban J connectivity index is 1.76. The highest BCUT2D eigenvalue weighted by molar-refractivity contribution is 6.01. The van der Waals surface area contributed by atoms with Crippen LogP contribution in [0, 0.1) is 5.82 Å². The Kier molecular flexibility index (Phi) is 4.14. The maximum Gasteiger partial charge on any atom is 0.372 e. The van der Waals surface area contributed by atoms with Crippen molar-refractivity contribution in [2.24, 2.45) is 5.10 Å². The van der Waals surface area contributed by atoms with Gasteiger partial charge in [0.05, 0.1) is 11.8 Å². The van der Waals surface area contributed by atoms with Crippen LogP contribution in [0.5, 0.6) is 0 Å². The highest BCUT2D eigenvalue weighted by Crippen LogP contribution is 2.28. The minimum absolute atomic E-state index is 0.131. The molecule has 0 fully saturated rings. The highest BCUT2D eigenvalue weighted by Gasteiger charge is 2.43. The molecular formula is C19H17FN5O+. The summed E-state index contributed by atoms with van der Waals surface area (Å²) in [4.78, 5) is 17.3. The molecule has 1 aliphatic heterocycles. The second-order valence-corrected chi connectivity index (χ2v) is 6.26. The van der Waals surface area contributed by atoms with E-state index in [4.69, 9.17) is 5.10 Å². The number of nitrogens with zero attached hydrogens (tertiary/aromatic N) is 4. The first kappa shape index (κ1) is 16.3. The number of rotatable bonds is 4. The maximum absolute atomic E-state index is 13.7. The fourth-order valence-corrected chi connectivity index (χ4v) is 3.22. The Morgan fingerprint density at radius 1 is 1.23 bits per heavy atom. The molecule has 1 amide bonds. The van der Waals surface area contributed by atoms with Crippen molar-refractivity contribution in [1.82, 2.24) is 15.2 Å². The molecule has 3 heterocycles. The van der Waals surface area contributed by atoms with Gasteiger partial charge in [-0.15, -0.1) is 4.59 Å². The number of hydrogen-bond acceptors (Lipinski definition) is 4. The molecule has 6 nitrogen and oxygen atoms in total. The molecule has 3 aromatic rings. The smallest absolute Gasteiger partial charge is 0.285 e. The number of pyridine rings is 1. The van der Waals surface area contributed by atoms with Gasteiger partial charge in [0.2, 0.25) is 0 Å². The summed E-state index contributed by atoms with van der Waals surface area (Å²) in [7, 11) is 0. The van der Waals surface area contributed by atoms with Crippen molar-refractivity contribution in [2.75, 3.05) is 6.54 Å². The lowest BCUT2D eigenvalue weighted by molar-refractivity contribution is -0.863. The summed E-state index contributed by atoms with van der Waals surface area (Å²) >= 11 is 0. The Hall–Kier alpha value is -3.19. The van der Waals surface area contributed by atoms with Gasteiger partial charge in [-0.05, 0) is 30.3 Å². The number of halogens is 1. The number of quaternary nitrogens is 1. The molecule has 1 aromatic carbocycles. The zero-order chi connectivity index (χ0) is 18.0. The zero-order valence-electron chi connectivity index (χ0n) is 14.0. The van der Waals surface area contributed by atoms with Gasteiger partial charge >= 0.3 is 5.91 Å². The van der Waals surface area contributed by atoms with E-state index in [1.165, 1.54) is 12.1 Å². The molecule has 1 atom stereocenters. The lowest BCUT2D eigenvalue weighted by atomic mass is 10.1. The van der Waals surface area contributed by atoms with Gasteiger partial charge < -0.3 is 0 Å². The van der Waals surface area contributed by atoms with Gasteiger partial charge in [-0.3, -0.25) is 10.1 Å². The number of aromatic amines is 1. The molecule has 7 heteroatoms. The number of nitrogens with one attached hydrogen (secondary N) is 1. The monoisotopic (exact) mass is 350 g/mol. The first-order chi connectivity index (χ1) is 12.7. The molecule has 26 heavy (non-hydrogen) atoms. The Morgan fingerprint density at radius 2 is 2.08 bits per heavy atom. The molecule has 1 unspecified atom stereocenters. The van der Waals surface area contributed by atoms with Crippen LogP contribution < -0.4 is 0 Å². The number of carbonyl (C=O) groups excluding carboxylic acids is 1. The largest absolute Gasteiger partial charge is 0.372 e. The van der Waals surface area contributed by atoms with E-state index in [0.29, 0.717) is 25.1 Å². The fourth-order valence-electron chi connectivity index (χ4n) is 3.22. The van der Waals surface area contributed by atoms with Gasteiger partial charge in [-0.2, -0.15) is 5.10 Å². The molecule has 0 saturated heterocycles. The minimum atomic E-state index is -0.434. The summed E-state index contributed by atoms with van der Waals surface area (Å²) < 4.78 is 13.5. The van der Waals surface area contributed by atoms with E-state index in [-0.39, 0.29) is 10.5 Å². The van der Waals surface area contributed by atoms with Crippen LogP contribution >= 0.6 is 0 Å². The molecule has 4 rings (SSSR count). The second-order valence-electron chi connectivity index (χ2n) is 6.26. The van der Waals surface area contributed by atoms with Gasteiger partial charge in [0.15, 0.2) is 0 Å². The van der Waals surface area contributed by atoms with Crippen LogP contribution in [0.25, 0.3) is 0 Å². The van der Waals surface area contributed by atoms with Gasteiger partial charge in [0.1, 0.15) is 24.6 Å². The standard InChI is InChI=1S/C19H17FN5O/c20-17-3-1-2-15(10-17)19(26)25(13-14-4-7-21-8-5-14)9-6-18(24-25)16-11-22-23-12-16/h1-5,7-8,10-12H,6,9,13H2,(H,22,23)/q+1. The van der Waals surface area contributed by atoms with Crippen molar-refractivity contribution in [3.63, 3.8) is 0 Å². The van der Waals surface area contributed by atoms with Crippen LogP contribution in [-0.2, 0) is 6.54 Å². The summed E-state index contributed by atoms with van der Waals surface area (Å²) in [6.07, 6.45) is 7.48. The van der Waals surface area contributed by atoms with E-state index in [0.717, 1.165) is 16.8 Å². The third kappa shape index (κ3) is 3.04. The molecule has 1 aliphatic rings. The first-order valence-corrected chi connectivity index (χ1v) is 8.31. The van der Waals surface area contributed by atoms with Crippen LogP contribution in [0.15, 0.2) is 66.3 Å². The quantitative estimate of drug-likeness (QED) is 0.736. The van der Waals surface area contributed by atoms with E-state index in [1.807, 2.05) is 12.1 Å². The minimum Gasteiger partial charge on any atom is -0.285 e. The first-order valence-electron chi connectivity index (χ1n) is 8.31. The van der Waals surface area contributed by atoms with E-state index in [9.17, 15) is 9.18 Å². The van der Waals surface area contributed by atoms with Crippen LogP contribution in [0.3, 0.4) is 0 Å². The van der Waals surface area contributed by atoms with Gasteiger partial charge in [-0.25, -0.2) is 9.18 Å². The number of hydrogen-bond donors (Lipinski definition) is 1. The van der Waals surface area contributed by atoms with Gasteiger partial charge in [0, 0.05) is 36.1 Å². The predicted molar refractivity (Wildman–Crippen MR) is 93.5 cm³/mol. The average molecular weight is 350 g/mol. The summed E-state index contributed by atoms with van der Waals surface area (Å²) in [6.45, 7) is 0.900. The second kappa shape index (κ2) is 6.61. The summed E-state index contributed by atoms with van der Waals surface area (Å²) in [5.41, 5.74) is 2.95. The molecule has 0 aliphatic carbocycles. The van der Waals surface area contributed by atoms with Crippen LogP contribution in [0.4, 0.5) is 4.39 Å². The molecule has 2 aromatic heterocycles. The number of amides is 1. The SMILES string of the molecule is O=C(c1cccc(F)c1)[N+]1(Cc2ccncc2)CCC(c2cn[nH]c2)=N1. The third-order valence-electron chi connectivity index (χ3n) is 4.51. The van der Waals surface area contributed by atoms with Gasteiger partial charge in [-0.1, -0.05) is 11.2 Å². The molecular weight excluding hydrogens is 333 g/mol. The lowest BCUT2D eigenvalue weighted by Gasteiger charge is -2.26. The third-order valence-corrected chi connectivity index (χ3v) is 4.51. The lowest BCUT2D eigenvalue weighted by Crippen LogP contribution is -2.45. The van der Waals surface area contributed by atoms with Crippen molar-refractivity contribution >= 4 is 11.6 Å². The van der Waals surface area contributed by atoms with Crippen LogP contribution in [0.2, 0.25) is 0 Å². The van der Waals surface area contributed by atoms with E-state index >= 15 is 0 Å². The zero-order valence-corrected chi connectivity index (χ0v) is 14.0. The van der Waals surface area contributed by atoms with Gasteiger partial charge in [0.25, 0.3) is 0 Å². The molecule has 130 valence electrons. The topological polar surface area (TPSA) is 71.0 Å². The Bertz CT molecular complexity index is 955. The molecule has 0 radical (unpaired) electrons. The normalized spacial score (nSPS) is 19.3. The van der Waals surface area contributed by atoms with Crippen LogP contribution in [0.1, 0.15) is 27.9 Å². The number of aromatic nitrogens is 3. The average Bonchev–Trinajstić information content (AvgIpc) is 3.32. The molecule has 1 N–H and O–H groups in total. The number of carbonyl (C=O) groups is 1.